The number of fused-ring (bicyclic) bond motifs is 1. The quantitative estimate of drug-likeness (QED) is 0.631. The molecule has 3 nitrogen and oxygen atoms in total. The van der Waals surface area contributed by atoms with E-state index in [1.54, 1.807) is 22.2 Å². The van der Waals surface area contributed by atoms with E-state index in [1.165, 1.54) is 29.7 Å². The zero-order valence-corrected chi connectivity index (χ0v) is 13.1. The van der Waals surface area contributed by atoms with Gasteiger partial charge in [-0.3, -0.25) is 9.48 Å². The van der Waals surface area contributed by atoms with E-state index >= 15 is 0 Å². The summed E-state index contributed by atoms with van der Waals surface area (Å²) in [6, 6.07) is 2.07. The third-order valence-corrected chi connectivity index (χ3v) is 5.29. The molecule has 0 unspecified atom stereocenters. The summed E-state index contributed by atoms with van der Waals surface area (Å²) in [6.07, 6.45) is 7.50. The number of nitrogens with zero attached hydrogens (tertiary/aromatic N) is 2. The lowest BCUT2D eigenvalue weighted by atomic mass is 10.1. The van der Waals surface area contributed by atoms with Gasteiger partial charge in [-0.05, 0) is 44.2 Å². The molecule has 0 aliphatic heterocycles. The van der Waals surface area contributed by atoms with E-state index in [2.05, 4.69) is 11.2 Å². The van der Waals surface area contributed by atoms with Crippen LogP contribution in [-0.4, -0.2) is 15.6 Å². The van der Waals surface area contributed by atoms with Gasteiger partial charge >= 0.3 is 0 Å². The van der Waals surface area contributed by atoms with Crippen molar-refractivity contribution < 1.29 is 4.79 Å². The number of ketones is 1. The number of hydrogen-bond donors (Lipinski definition) is 0. The van der Waals surface area contributed by atoms with Gasteiger partial charge in [-0.25, -0.2) is 0 Å². The molecule has 0 aromatic carbocycles. The van der Waals surface area contributed by atoms with E-state index in [1.807, 2.05) is 6.92 Å². The minimum atomic E-state index is 0.00687. The Morgan fingerprint density at radius 2 is 2.20 bits per heavy atom. The highest BCUT2D eigenvalue weighted by Gasteiger charge is 2.22. The van der Waals surface area contributed by atoms with Crippen molar-refractivity contribution in [3.05, 3.63) is 38.3 Å². The molecule has 2 aromatic heterocycles. The summed E-state index contributed by atoms with van der Waals surface area (Å²) in [6.45, 7) is 2.61. The Kier molecular flexibility index (Phi) is 3.94. The first-order valence-corrected chi connectivity index (χ1v) is 8.27. The maximum atomic E-state index is 12.7. The van der Waals surface area contributed by atoms with Crippen LogP contribution >= 0.6 is 22.9 Å². The molecule has 1 aliphatic rings. The van der Waals surface area contributed by atoms with Gasteiger partial charge in [0, 0.05) is 11.4 Å². The van der Waals surface area contributed by atoms with E-state index in [0.717, 1.165) is 17.7 Å². The van der Waals surface area contributed by atoms with E-state index in [-0.39, 0.29) is 5.78 Å². The van der Waals surface area contributed by atoms with Crippen LogP contribution < -0.4 is 0 Å². The first kappa shape index (κ1) is 13.8. The van der Waals surface area contributed by atoms with E-state index < -0.39 is 0 Å². The lowest BCUT2D eigenvalue weighted by molar-refractivity contribution is 0.103. The van der Waals surface area contributed by atoms with E-state index in [4.69, 9.17) is 11.6 Å². The minimum Gasteiger partial charge on any atom is -0.286 e. The summed E-state index contributed by atoms with van der Waals surface area (Å²) in [7, 11) is 0. The molecule has 0 bridgehead atoms. The Hall–Kier alpha value is -1.13. The summed E-state index contributed by atoms with van der Waals surface area (Å²) >= 11 is 7.76. The molecule has 0 spiro atoms. The fraction of sp³-hybridized carbons (Fsp3) is 0.467. The van der Waals surface area contributed by atoms with Crippen molar-refractivity contribution in [2.75, 3.05) is 0 Å². The normalized spacial score (nSPS) is 14.9. The third-order valence-electron chi connectivity index (χ3n) is 3.78. The van der Waals surface area contributed by atoms with Crippen LogP contribution in [0.4, 0.5) is 0 Å². The third kappa shape index (κ3) is 2.42. The maximum Gasteiger partial charge on any atom is 0.222 e. The van der Waals surface area contributed by atoms with Crippen molar-refractivity contribution in [1.29, 1.82) is 0 Å². The molecule has 0 radical (unpaired) electrons. The first-order chi connectivity index (χ1) is 9.70. The van der Waals surface area contributed by atoms with Crippen molar-refractivity contribution in [2.24, 2.45) is 0 Å². The fourth-order valence-electron chi connectivity index (χ4n) is 2.72. The molecule has 20 heavy (non-hydrogen) atoms. The maximum absolute atomic E-state index is 12.7. The number of thiophene rings is 1. The van der Waals surface area contributed by atoms with Crippen LogP contribution in [0.3, 0.4) is 0 Å². The van der Waals surface area contributed by atoms with Gasteiger partial charge in [0.2, 0.25) is 5.78 Å². The molecule has 0 N–H and O–H groups in total. The topological polar surface area (TPSA) is 34.9 Å². The molecule has 2 aromatic rings. The number of aryl methyl sites for hydroxylation is 3. The molecular formula is C15H17ClN2OS. The fourth-order valence-corrected chi connectivity index (χ4v) is 4.15. The molecule has 3 rings (SSSR count). The Balaban J connectivity index is 1.96. The Labute approximate surface area is 127 Å². The van der Waals surface area contributed by atoms with Crippen molar-refractivity contribution in [1.82, 2.24) is 9.78 Å². The largest absolute Gasteiger partial charge is 0.286 e. The highest BCUT2D eigenvalue weighted by atomic mass is 35.5. The first-order valence-electron chi connectivity index (χ1n) is 7.08. The number of carbonyl (C=O) groups excluding carboxylic acids is 1. The second-order valence-corrected chi connectivity index (χ2v) is 6.65. The van der Waals surface area contributed by atoms with Crippen molar-refractivity contribution in [2.45, 2.75) is 45.6 Å². The van der Waals surface area contributed by atoms with Crippen molar-refractivity contribution in [3.8, 4) is 0 Å². The van der Waals surface area contributed by atoms with Crippen LogP contribution in [-0.2, 0) is 19.4 Å². The average molecular weight is 309 g/mol. The SMILES string of the molecule is CCn1ncc(Cl)c1C(=O)c1cc2c(s1)CCCCC2. The standard InChI is InChI=1S/C15H17ClN2OS/c1-2-18-14(11(16)9-17-18)15(19)13-8-10-6-4-3-5-7-12(10)20-13/h8-9H,2-7H2,1H3. The number of rotatable bonds is 3. The van der Waals surface area contributed by atoms with Gasteiger partial charge in [-0.15, -0.1) is 11.3 Å². The van der Waals surface area contributed by atoms with Crippen LogP contribution in [0.25, 0.3) is 0 Å². The lowest BCUT2D eigenvalue weighted by Crippen LogP contribution is -2.10. The van der Waals surface area contributed by atoms with Crippen LogP contribution in [0.15, 0.2) is 12.3 Å². The van der Waals surface area contributed by atoms with Gasteiger partial charge in [-0.1, -0.05) is 18.0 Å². The van der Waals surface area contributed by atoms with Gasteiger partial charge in [0.05, 0.1) is 16.1 Å². The molecule has 1 aliphatic carbocycles. The van der Waals surface area contributed by atoms with Crippen molar-refractivity contribution in [3.63, 3.8) is 0 Å². The smallest absolute Gasteiger partial charge is 0.222 e. The summed E-state index contributed by atoms with van der Waals surface area (Å²) < 4.78 is 1.68. The highest BCUT2D eigenvalue weighted by Crippen LogP contribution is 2.31. The zero-order chi connectivity index (χ0) is 14.1. The molecular weight excluding hydrogens is 292 g/mol. The summed E-state index contributed by atoms with van der Waals surface area (Å²) in [5.41, 5.74) is 1.88. The number of aromatic nitrogens is 2. The van der Waals surface area contributed by atoms with Crippen LogP contribution in [0.5, 0.6) is 0 Å². The molecule has 0 amide bonds. The summed E-state index contributed by atoms with van der Waals surface area (Å²) in [4.78, 5) is 14.9. The summed E-state index contributed by atoms with van der Waals surface area (Å²) in [5, 5.41) is 4.59. The molecule has 0 fully saturated rings. The monoisotopic (exact) mass is 308 g/mol. The van der Waals surface area contributed by atoms with Gasteiger partial charge < -0.3 is 0 Å². The van der Waals surface area contributed by atoms with Gasteiger partial charge in [-0.2, -0.15) is 5.10 Å². The molecule has 5 heteroatoms. The van der Waals surface area contributed by atoms with Gasteiger partial charge in [0.25, 0.3) is 0 Å². The second kappa shape index (κ2) is 5.70. The number of hydrogen-bond acceptors (Lipinski definition) is 3. The van der Waals surface area contributed by atoms with Crippen LogP contribution in [0, 0.1) is 0 Å². The van der Waals surface area contributed by atoms with E-state index in [0.29, 0.717) is 17.3 Å². The minimum absolute atomic E-state index is 0.00687. The second-order valence-electron chi connectivity index (χ2n) is 5.11. The number of halogens is 1. The number of carbonyl (C=O) groups is 1. The van der Waals surface area contributed by atoms with Gasteiger partial charge in [0.15, 0.2) is 0 Å². The lowest BCUT2D eigenvalue weighted by Gasteiger charge is -2.02. The zero-order valence-electron chi connectivity index (χ0n) is 11.5. The molecule has 2 heterocycles. The molecule has 0 saturated heterocycles. The van der Waals surface area contributed by atoms with Crippen LogP contribution in [0.1, 0.15) is 52.0 Å². The molecule has 0 saturated carbocycles. The summed E-state index contributed by atoms with van der Waals surface area (Å²) in [5.74, 6) is 0.00687. The molecule has 0 atom stereocenters. The molecule has 106 valence electrons. The highest BCUT2D eigenvalue weighted by molar-refractivity contribution is 7.14. The predicted molar refractivity (Wildman–Crippen MR) is 81.9 cm³/mol. The Morgan fingerprint density at radius 1 is 1.40 bits per heavy atom. The Morgan fingerprint density at radius 3 is 3.00 bits per heavy atom. The predicted octanol–water partition coefficient (Wildman–Crippen LogP) is 4.12. The average Bonchev–Trinajstić information content (AvgIpc) is 2.95. The Bertz CT molecular complexity index is 621. The van der Waals surface area contributed by atoms with E-state index in [9.17, 15) is 4.79 Å². The van der Waals surface area contributed by atoms with Crippen LogP contribution in [0.2, 0.25) is 5.02 Å². The van der Waals surface area contributed by atoms with Crippen molar-refractivity contribution >= 4 is 28.7 Å². The van der Waals surface area contributed by atoms with Gasteiger partial charge in [0.1, 0.15) is 5.69 Å².